The standard InChI is InChI=1S/C25H17BrF2N2O5/c1-34-21-12-15(11-20(26)22(21)35-13-14-3-2-4-17(28)9-14)10-19-23(31)29-25(33)30(24(19)32)18-7-5-16(27)6-8-18/h2-12H,13H2,1H3,(H,29,31,33)/b19-10+. The summed E-state index contributed by atoms with van der Waals surface area (Å²) in [6.07, 6.45) is 1.30. The summed E-state index contributed by atoms with van der Waals surface area (Å²) in [4.78, 5) is 38.5. The van der Waals surface area contributed by atoms with Gasteiger partial charge in [-0.05, 0) is 81.7 Å². The smallest absolute Gasteiger partial charge is 0.335 e. The number of methoxy groups -OCH3 is 1. The number of nitrogens with one attached hydrogen (secondary N) is 1. The van der Waals surface area contributed by atoms with Crippen LogP contribution in [0.2, 0.25) is 0 Å². The molecule has 1 heterocycles. The highest BCUT2D eigenvalue weighted by molar-refractivity contribution is 9.10. The molecule has 3 aromatic rings. The van der Waals surface area contributed by atoms with Crippen LogP contribution in [-0.4, -0.2) is 25.0 Å². The Labute approximate surface area is 207 Å². The SMILES string of the molecule is COc1cc(/C=C2\C(=O)NC(=O)N(c3ccc(F)cc3)C2=O)cc(Br)c1OCc1cccc(F)c1. The summed E-state index contributed by atoms with van der Waals surface area (Å²) in [5, 5.41) is 2.11. The summed E-state index contributed by atoms with van der Waals surface area (Å²) < 4.78 is 38.4. The number of imide groups is 2. The number of halogens is 3. The van der Waals surface area contributed by atoms with Gasteiger partial charge in [0.25, 0.3) is 11.8 Å². The third-order valence-corrected chi connectivity index (χ3v) is 5.61. The van der Waals surface area contributed by atoms with Crippen LogP contribution in [0.4, 0.5) is 19.3 Å². The van der Waals surface area contributed by atoms with Crippen molar-refractivity contribution in [2.75, 3.05) is 12.0 Å². The molecule has 1 saturated heterocycles. The van der Waals surface area contributed by atoms with Crippen molar-refractivity contribution in [1.29, 1.82) is 0 Å². The molecule has 0 aliphatic carbocycles. The van der Waals surface area contributed by atoms with Gasteiger partial charge in [-0.2, -0.15) is 0 Å². The van der Waals surface area contributed by atoms with Crippen molar-refractivity contribution in [3.8, 4) is 11.5 Å². The molecule has 1 N–H and O–H groups in total. The zero-order valence-corrected chi connectivity index (χ0v) is 19.8. The fourth-order valence-electron chi connectivity index (χ4n) is 3.39. The molecular formula is C25H17BrF2N2O5. The molecule has 0 unspecified atom stereocenters. The molecule has 4 rings (SSSR count). The number of nitrogens with zero attached hydrogens (tertiary/aromatic N) is 1. The lowest BCUT2D eigenvalue weighted by Crippen LogP contribution is -2.54. The maximum Gasteiger partial charge on any atom is 0.335 e. The van der Waals surface area contributed by atoms with Crippen LogP contribution in [-0.2, 0) is 16.2 Å². The van der Waals surface area contributed by atoms with Crippen LogP contribution in [0.3, 0.4) is 0 Å². The maximum absolute atomic E-state index is 13.4. The van der Waals surface area contributed by atoms with E-state index in [2.05, 4.69) is 21.2 Å². The van der Waals surface area contributed by atoms with Crippen molar-refractivity contribution >= 4 is 45.5 Å². The zero-order valence-electron chi connectivity index (χ0n) is 18.2. The average molecular weight is 543 g/mol. The third-order valence-electron chi connectivity index (χ3n) is 5.02. The van der Waals surface area contributed by atoms with Crippen molar-refractivity contribution in [2.24, 2.45) is 0 Å². The molecule has 0 saturated carbocycles. The van der Waals surface area contributed by atoms with Gasteiger partial charge in [0, 0.05) is 0 Å². The number of hydrogen-bond donors (Lipinski definition) is 1. The first kappa shape index (κ1) is 24.1. The monoisotopic (exact) mass is 542 g/mol. The van der Waals surface area contributed by atoms with E-state index < -0.39 is 23.7 Å². The average Bonchev–Trinajstić information content (AvgIpc) is 2.82. The molecule has 0 spiro atoms. The van der Waals surface area contributed by atoms with Gasteiger partial charge in [0.05, 0.1) is 17.3 Å². The van der Waals surface area contributed by atoms with Gasteiger partial charge in [-0.15, -0.1) is 0 Å². The number of amides is 4. The molecule has 1 fully saturated rings. The minimum atomic E-state index is -0.941. The summed E-state index contributed by atoms with van der Waals surface area (Å²) in [6, 6.07) is 12.9. The van der Waals surface area contributed by atoms with Gasteiger partial charge in [-0.1, -0.05) is 12.1 Å². The fraction of sp³-hybridized carbons (Fsp3) is 0.0800. The molecule has 10 heteroatoms. The number of benzene rings is 3. The van der Waals surface area contributed by atoms with E-state index >= 15 is 0 Å². The first-order valence-electron chi connectivity index (χ1n) is 10.2. The van der Waals surface area contributed by atoms with E-state index in [-0.39, 0.29) is 29.4 Å². The number of urea groups is 1. The quantitative estimate of drug-likeness (QED) is 0.350. The van der Waals surface area contributed by atoms with E-state index in [0.717, 1.165) is 17.0 Å². The van der Waals surface area contributed by atoms with Gasteiger partial charge in [-0.3, -0.25) is 14.9 Å². The summed E-state index contributed by atoms with van der Waals surface area (Å²) in [5.41, 5.74) is 0.808. The van der Waals surface area contributed by atoms with Crippen LogP contribution in [0.5, 0.6) is 11.5 Å². The fourth-order valence-corrected chi connectivity index (χ4v) is 3.97. The lowest BCUT2D eigenvalue weighted by Gasteiger charge is -2.26. The molecule has 1 aliphatic rings. The minimum Gasteiger partial charge on any atom is -0.493 e. The van der Waals surface area contributed by atoms with Gasteiger partial charge in [0.15, 0.2) is 11.5 Å². The second kappa shape index (κ2) is 10.1. The zero-order chi connectivity index (χ0) is 25.1. The highest BCUT2D eigenvalue weighted by Gasteiger charge is 2.36. The van der Waals surface area contributed by atoms with E-state index in [1.54, 1.807) is 18.2 Å². The molecule has 35 heavy (non-hydrogen) atoms. The number of ether oxygens (including phenoxy) is 2. The predicted octanol–water partition coefficient (Wildman–Crippen LogP) is 4.98. The molecule has 178 valence electrons. The van der Waals surface area contributed by atoms with Crippen LogP contribution >= 0.6 is 15.9 Å². The second-order valence-corrected chi connectivity index (χ2v) is 8.24. The van der Waals surface area contributed by atoms with Gasteiger partial charge >= 0.3 is 6.03 Å². The first-order valence-corrected chi connectivity index (χ1v) is 11.0. The Morgan fingerprint density at radius 2 is 1.74 bits per heavy atom. The largest absolute Gasteiger partial charge is 0.493 e. The lowest BCUT2D eigenvalue weighted by atomic mass is 10.1. The van der Waals surface area contributed by atoms with Gasteiger partial charge in [0.2, 0.25) is 0 Å². The summed E-state index contributed by atoms with van der Waals surface area (Å²) in [5.74, 6) is -2.05. The van der Waals surface area contributed by atoms with E-state index in [0.29, 0.717) is 21.3 Å². The van der Waals surface area contributed by atoms with Crippen molar-refractivity contribution in [3.63, 3.8) is 0 Å². The molecular weight excluding hydrogens is 526 g/mol. The Bertz CT molecular complexity index is 1360. The Balaban J connectivity index is 1.64. The highest BCUT2D eigenvalue weighted by Crippen LogP contribution is 2.38. The summed E-state index contributed by atoms with van der Waals surface area (Å²) in [7, 11) is 1.42. The topological polar surface area (TPSA) is 84.9 Å². The van der Waals surface area contributed by atoms with E-state index in [9.17, 15) is 23.2 Å². The van der Waals surface area contributed by atoms with Crippen molar-refractivity contribution in [1.82, 2.24) is 5.32 Å². The summed E-state index contributed by atoms with van der Waals surface area (Å²) in [6.45, 7) is 0.0722. The van der Waals surface area contributed by atoms with Gasteiger partial charge < -0.3 is 9.47 Å². The van der Waals surface area contributed by atoms with E-state index in [1.165, 1.54) is 43.5 Å². The van der Waals surface area contributed by atoms with Gasteiger partial charge in [0.1, 0.15) is 23.8 Å². The number of carbonyl (C=O) groups excluding carboxylic acids is 3. The van der Waals surface area contributed by atoms with Crippen LogP contribution in [0.1, 0.15) is 11.1 Å². The summed E-state index contributed by atoms with van der Waals surface area (Å²) >= 11 is 3.39. The Kier molecular flexibility index (Phi) is 6.92. The number of carbonyl (C=O) groups is 3. The van der Waals surface area contributed by atoms with Crippen molar-refractivity contribution in [3.05, 3.63) is 93.5 Å². The predicted molar refractivity (Wildman–Crippen MR) is 127 cm³/mol. The Morgan fingerprint density at radius 3 is 2.43 bits per heavy atom. The number of rotatable bonds is 6. The number of anilines is 1. The van der Waals surface area contributed by atoms with Crippen LogP contribution in [0.15, 0.2) is 70.7 Å². The van der Waals surface area contributed by atoms with Crippen LogP contribution in [0.25, 0.3) is 6.08 Å². The van der Waals surface area contributed by atoms with Crippen molar-refractivity contribution in [2.45, 2.75) is 6.61 Å². The molecule has 0 atom stereocenters. The van der Waals surface area contributed by atoms with E-state index in [4.69, 9.17) is 9.47 Å². The third kappa shape index (κ3) is 5.22. The molecule has 0 aromatic heterocycles. The van der Waals surface area contributed by atoms with Crippen molar-refractivity contribution < 1.29 is 32.6 Å². The van der Waals surface area contributed by atoms with Gasteiger partial charge in [-0.25, -0.2) is 18.5 Å². The molecule has 1 aliphatic heterocycles. The van der Waals surface area contributed by atoms with E-state index in [1.807, 2.05) is 0 Å². The second-order valence-electron chi connectivity index (χ2n) is 7.39. The highest BCUT2D eigenvalue weighted by atomic mass is 79.9. The molecule has 7 nitrogen and oxygen atoms in total. The lowest BCUT2D eigenvalue weighted by molar-refractivity contribution is -0.122. The molecule has 0 bridgehead atoms. The Morgan fingerprint density at radius 1 is 1.00 bits per heavy atom. The molecule has 4 amide bonds. The molecule has 0 radical (unpaired) electrons. The molecule has 3 aromatic carbocycles. The Hall–Kier alpha value is -4.05. The maximum atomic E-state index is 13.4. The minimum absolute atomic E-state index is 0.0722. The van der Waals surface area contributed by atoms with Crippen LogP contribution in [0, 0.1) is 11.6 Å². The van der Waals surface area contributed by atoms with Crippen LogP contribution < -0.4 is 19.7 Å². The first-order chi connectivity index (χ1) is 16.8. The number of barbiturate groups is 1. The normalized spacial score (nSPS) is 14.8. The number of hydrogen-bond acceptors (Lipinski definition) is 5.